The average molecular weight is 674 g/mol. The third-order valence-corrected chi connectivity index (χ3v) is 8.67. The third kappa shape index (κ3) is 13.8. The van der Waals surface area contributed by atoms with Crippen molar-refractivity contribution in [3.63, 3.8) is 0 Å². The Balaban J connectivity index is 1.86. The van der Waals surface area contributed by atoms with Crippen LogP contribution in [0.4, 0.5) is 4.79 Å². The molecule has 1 aromatic carbocycles. The molecule has 0 radical (unpaired) electrons. The van der Waals surface area contributed by atoms with E-state index in [4.69, 9.17) is 14.2 Å². The lowest BCUT2D eigenvalue weighted by Crippen LogP contribution is -2.59. The Hall–Kier alpha value is -3.67. The maximum atomic E-state index is 13.8. The van der Waals surface area contributed by atoms with E-state index in [9.17, 15) is 29.1 Å². The van der Waals surface area contributed by atoms with Crippen LogP contribution in [-0.4, -0.2) is 77.5 Å². The van der Waals surface area contributed by atoms with Gasteiger partial charge in [0.05, 0.1) is 6.04 Å². The van der Waals surface area contributed by atoms with Gasteiger partial charge in [-0.25, -0.2) is 9.59 Å². The molecule has 0 spiro atoms. The van der Waals surface area contributed by atoms with Crippen LogP contribution in [0.25, 0.3) is 0 Å². The van der Waals surface area contributed by atoms with Gasteiger partial charge < -0.3 is 35.3 Å². The fourth-order valence-electron chi connectivity index (χ4n) is 6.11. The number of aliphatic hydroxyl groups is 1. The van der Waals surface area contributed by atoms with E-state index in [1.807, 2.05) is 13.0 Å². The summed E-state index contributed by atoms with van der Waals surface area (Å²) in [6, 6.07) is 5.53. The van der Waals surface area contributed by atoms with Crippen LogP contribution >= 0.6 is 0 Å². The molecule has 0 bridgehead atoms. The number of cyclic esters (lactones) is 2. The van der Waals surface area contributed by atoms with Crippen LogP contribution in [0.15, 0.2) is 30.3 Å². The van der Waals surface area contributed by atoms with Gasteiger partial charge in [0.1, 0.15) is 30.4 Å². The minimum absolute atomic E-state index is 0.0200. The van der Waals surface area contributed by atoms with E-state index in [-0.39, 0.29) is 18.8 Å². The molecule has 5 atom stereocenters. The minimum Gasteiger partial charge on any atom is -0.463 e. The van der Waals surface area contributed by atoms with E-state index >= 15 is 0 Å². The second kappa shape index (κ2) is 19.4. The van der Waals surface area contributed by atoms with Crippen molar-refractivity contribution in [3.8, 4) is 0 Å². The van der Waals surface area contributed by atoms with Crippen molar-refractivity contribution in [3.05, 3.63) is 35.9 Å². The van der Waals surface area contributed by atoms with E-state index in [2.05, 4.69) is 16.0 Å². The summed E-state index contributed by atoms with van der Waals surface area (Å²) in [5.74, 6) is -2.64. The number of benzene rings is 1. The number of esters is 2. The Morgan fingerprint density at radius 1 is 1.04 bits per heavy atom. The van der Waals surface area contributed by atoms with Gasteiger partial charge in [0.15, 0.2) is 6.10 Å². The van der Waals surface area contributed by atoms with Crippen LogP contribution < -0.4 is 16.0 Å². The van der Waals surface area contributed by atoms with Gasteiger partial charge in [-0.05, 0) is 57.9 Å². The normalized spacial score (nSPS) is 24.2. The number of rotatable bonds is 10. The molecule has 1 saturated heterocycles. The van der Waals surface area contributed by atoms with Crippen molar-refractivity contribution >= 4 is 29.8 Å². The number of carbonyl (C=O) groups excluding carboxylic acids is 5. The molecule has 2 aliphatic rings. The summed E-state index contributed by atoms with van der Waals surface area (Å²) in [6.07, 6.45) is 5.62. The van der Waals surface area contributed by atoms with Crippen LogP contribution in [0.2, 0.25) is 0 Å². The second-order valence-corrected chi connectivity index (χ2v) is 14.0. The van der Waals surface area contributed by atoms with Crippen molar-refractivity contribution in [2.24, 2.45) is 5.92 Å². The summed E-state index contributed by atoms with van der Waals surface area (Å²) in [6.45, 7) is 6.65. The number of unbranched alkanes of at least 4 members (excludes halogenated alkanes) is 1. The molecule has 3 rings (SSSR count). The molecule has 1 aromatic rings. The number of hydrogen-bond donors (Lipinski definition) is 4. The van der Waals surface area contributed by atoms with Gasteiger partial charge in [-0.2, -0.15) is 0 Å². The van der Waals surface area contributed by atoms with Crippen LogP contribution in [0, 0.1) is 5.92 Å². The number of nitrogens with one attached hydrogen (secondary N) is 3. The van der Waals surface area contributed by atoms with E-state index < -0.39 is 72.4 Å². The van der Waals surface area contributed by atoms with E-state index in [0.29, 0.717) is 25.7 Å². The second-order valence-electron chi connectivity index (χ2n) is 14.0. The maximum Gasteiger partial charge on any atom is 0.408 e. The topological polar surface area (TPSA) is 169 Å². The fraction of sp³-hybridized carbons (Fsp3) is 0.694. The van der Waals surface area contributed by atoms with Crippen molar-refractivity contribution in [1.82, 2.24) is 16.0 Å². The first-order chi connectivity index (χ1) is 22.8. The van der Waals surface area contributed by atoms with E-state index in [1.165, 1.54) is 0 Å². The molecule has 12 nitrogen and oxygen atoms in total. The SMILES string of the molecule is CCCCC1CCCC(=O)OC[C@H](NC(=O)[C@H](Cc2ccccc2)NC(=O)OC(C)(C)C)C(=O)N[C@@H](CC2CCCCC2)[C@@H](O)C(=O)O1. The first-order valence-corrected chi connectivity index (χ1v) is 17.5. The molecular weight excluding hydrogens is 618 g/mol. The summed E-state index contributed by atoms with van der Waals surface area (Å²) in [4.78, 5) is 66.3. The van der Waals surface area contributed by atoms with E-state index in [0.717, 1.165) is 50.5 Å². The standard InChI is InChI=1S/C36H55N3O9/c1-5-6-18-26-19-13-20-30(40)46-23-29(33(43)37-27(31(41)34(44)47-26)21-24-14-9-7-10-15-24)38-32(42)28(22-25-16-11-8-12-17-25)39-35(45)48-36(2,3)4/h8,11-12,16-17,24,26-29,31,41H,5-7,9-10,13-15,18-23H2,1-4H3,(H,37,43)(H,38,42)(H,39,45)/t26?,27-,28-,29-,31+/m0/s1. The van der Waals surface area contributed by atoms with Gasteiger partial charge in [-0.15, -0.1) is 0 Å². The van der Waals surface area contributed by atoms with Gasteiger partial charge in [0.25, 0.3) is 0 Å². The highest BCUT2D eigenvalue weighted by Crippen LogP contribution is 2.28. The average Bonchev–Trinajstić information content (AvgIpc) is 3.03. The Morgan fingerprint density at radius 3 is 2.42 bits per heavy atom. The summed E-state index contributed by atoms with van der Waals surface area (Å²) in [5, 5.41) is 19.3. The lowest BCUT2D eigenvalue weighted by atomic mass is 9.83. The molecule has 12 heteroatoms. The number of ether oxygens (including phenoxy) is 3. The van der Waals surface area contributed by atoms with Crippen molar-refractivity contribution < 1.29 is 43.3 Å². The smallest absolute Gasteiger partial charge is 0.408 e. The quantitative estimate of drug-likeness (QED) is 0.210. The largest absolute Gasteiger partial charge is 0.463 e. The van der Waals surface area contributed by atoms with Gasteiger partial charge >= 0.3 is 18.0 Å². The zero-order valence-electron chi connectivity index (χ0n) is 29.0. The van der Waals surface area contributed by atoms with Crippen LogP contribution in [0.3, 0.4) is 0 Å². The Labute approximate surface area is 284 Å². The monoisotopic (exact) mass is 673 g/mol. The molecular formula is C36H55N3O9. The molecule has 1 aliphatic heterocycles. The third-order valence-electron chi connectivity index (χ3n) is 8.67. The summed E-state index contributed by atoms with van der Waals surface area (Å²) < 4.78 is 16.6. The number of aliphatic hydroxyl groups excluding tert-OH is 1. The number of carbonyl (C=O) groups is 5. The summed E-state index contributed by atoms with van der Waals surface area (Å²) in [5.41, 5.74) is -0.0652. The van der Waals surface area contributed by atoms with Gasteiger partial charge in [-0.1, -0.05) is 82.2 Å². The molecule has 0 aromatic heterocycles. The van der Waals surface area contributed by atoms with Crippen molar-refractivity contribution in [1.29, 1.82) is 0 Å². The molecule has 1 saturated carbocycles. The molecule has 1 aliphatic carbocycles. The van der Waals surface area contributed by atoms with Gasteiger partial charge in [0, 0.05) is 12.8 Å². The highest BCUT2D eigenvalue weighted by atomic mass is 16.6. The highest BCUT2D eigenvalue weighted by molar-refractivity contribution is 5.92. The number of hydrogen-bond acceptors (Lipinski definition) is 9. The van der Waals surface area contributed by atoms with E-state index in [1.54, 1.807) is 45.0 Å². The molecule has 4 N–H and O–H groups in total. The zero-order valence-corrected chi connectivity index (χ0v) is 29.0. The summed E-state index contributed by atoms with van der Waals surface area (Å²) >= 11 is 0. The molecule has 268 valence electrons. The lowest BCUT2D eigenvalue weighted by Gasteiger charge is -2.32. The maximum absolute atomic E-state index is 13.8. The van der Waals surface area contributed by atoms with Crippen LogP contribution in [0.5, 0.6) is 0 Å². The Kier molecular flexibility index (Phi) is 15.6. The molecule has 1 unspecified atom stereocenters. The Morgan fingerprint density at radius 2 is 1.75 bits per heavy atom. The molecule has 3 amide bonds. The van der Waals surface area contributed by atoms with Crippen molar-refractivity contribution in [2.75, 3.05) is 6.61 Å². The number of amides is 3. The highest BCUT2D eigenvalue weighted by Gasteiger charge is 2.36. The zero-order chi connectivity index (χ0) is 35.1. The van der Waals surface area contributed by atoms with Crippen molar-refractivity contribution in [2.45, 2.75) is 147 Å². The molecule has 2 fully saturated rings. The first-order valence-electron chi connectivity index (χ1n) is 17.5. The van der Waals surface area contributed by atoms with Gasteiger partial charge in [-0.3, -0.25) is 14.4 Å². The molecule has 1 heterocycles. The predicted octanol–water partition coefficient (Wildman–Crippen LogP) is 4.25. The van der Waals surface area contributed by atoms with Gasteiger partial charge in [0.2, 0.25) is 11.8 Å². The summed E-state index contributed by atoms with van der Waals surface area (Å²) in [7, 11) is 0. The lowest BCUT2D eigenvalue weighted by molar-refractivity contribution is -0.162. The fourth-order valence-corrected chi connectivity index (χ4v) is 6.11. The minimum atomic E-state index is -1.62. The Bertz CT molecular complexity index is 1200. The van der Waals surface area contributed by atoms with Crippen LogP contribution in [0.1, 0.15) is 110 Å². The molecule has 48 heavy (non-hydrogen) atoms. The number of alkyl carbamates (subject to hydrolysis) is 1. The predicted molar refractivity (Wildman–Crippen MR) is 179 cm³/mol. The first kappa shape index (κ1) is 38.8. The van der Waals surface area contributed by atoms with Crippen LogP contribution in [-0.2, 0) is 39.8 Å².